The van der Waals surface area contributed by atoms with Gasteiger partial charge in [-0.2, -0.15) is 0 Å². The summed E-state index contributed by atoms with van der Waals surface area (Å²) in [5.74, 6) is -0.922. The number of amides is 2. The van der Waals surface area contributed by atoms with Crippen LogP contribution in [0.1, 0.15) is 22.3 Å². The molecular formula is C24H20N4O4. The average Bonchev–Trinajstić information content (AvgIpc) is 3.01. The molecule has 0 bridgehead atoms. The topological polar surface area (TPSA) is 105 Å². The number of nitro groups is 1. The summed E-state index contributed by atoms with van der Waals surface area (Å²) in [7, 11) is 0. The summed E-state index contributed by atoms with van der Waals surface area (Å²) in [4.78, 5) is 42.3. The molecule has 0 spiro atoms. The van der Waals surface area contributed by atoms with Crippen molar-refractivity contribution in [3.8, 4) is 0 Å². The Balaban J connectivity index is 1.78. The quantitative estimate of drug-likeness (QED) is 0.361. The molecule has 3 aromatic rings. The maximum absolute atomic E-state index is 13.3. The number of benzene rings is 2. The highest BCUT2D eigenvalue weighted by Gasteiger charge is 2.39. The van der Waals surface area contributed by atoms with Crippen LogP contribution in [-0.2, 0) is 16.1 Å². The van der Waals surface area contributed by atoms with Crippen molar-refractivity contribution in [1.29, 1.82) is 0 Å². The van der Waals surface area contributed by atoms with Gasteiger partial charge in [0.15, 0.2) is 0 Å². The summed E-state index contributed by atoms with van der Waals surface area (Å²) < 4.78 is 0. The van der Waals surface area contributed by atoms with Gasteiger partial charge in [0.25, 0.3) is 17.5 Å². The molecule has 4 rings (SSSR count). The fourth-order valence-corrected chi connectivity index (χ4v) is 3.53. The first-order valence-corrected chi connectivity index (χ1v) is 9.93. The fraction of sp³-hybridized carbons (Fsp3) is 0.125. The van der Waals surface area contributed by atoms with Gasteiger partial charge in [-0.25, -0.2) is 0 Å². The molecule has 32 heavy (non-hydrogen) atoms. The SMILES string of the molecule is Cc1ccc(C)c(NC2=C(c3ccc([N+](=O)[O-])cc3)C(=O)N(Cc3ccncc3)C2=O)c1. The van der Waals surface area contributed by atoms with Gasteiger partial charge in [-0.15, -0.1) is 0 Å². The van der Waals surface area contributed by atoms with Crippen LogP contribution >= 0.6 is 0 Å². The van der Waals surface area contributed by atoms with Gasteiger partial charge in [0.1, 0.15) is 5.70 Å². The molecule has 2 heterocycles. The van der Waals surface area contributed by atoms with E-state index < -0.39 is 16.7 Å². The van der Waals surface area contributed by atoms with Gasteiger partial charge in [0, 0.05) is 30.2 Å². The minimum absolute atomic E-state index is 0.0919. The first-order valence-electron chi connectivity index (χ1n) is 9.93. The number of carbonyl (C=O) groups is 2. The predicted molar refractivity (Wildman–Crippen MR) is 119 cm³/mol. The second kappa shape index (κ2) is 8.43. The first kappa shape index (κ1) is 20.9. The summed E-state index contributed by atoms with van der Waals surface area (Å²) in [5, 5.41) is 14.2. The van der Waals surface area contributed by atoms with Crippen LogP contribution in [0, 0.1) is 24.0 Å². The lowest BCUT2D eigenvalue weighted by Crippen LogP contribution is -2.32. The molecule has 1 aromatic heterocycles. The van der Waals surface area contributed by atoms with Crippen molar-refractivity contribution < 1.29 is 14.5 Å². The van der Waals surface area contributed by atoms with Crippen LogP contribution in [0.5, 0.6) is 0 Å². The Morgan fingerprint density at radius 2 is 1.66 bits per heavy atom. The Labute approximate surface area is 184 Å². The lowest BCUT2D eigenvalue weighted by Gasteiger charge is -2.16. The van der Waals surface area contributed by atoms with Crippen LogP contribution in [0.25, 0.3) is 5.57 Å². The van der Waals surface area contributed by atoms with Crippen molar-refractivity contribution in [2.45, 2.75) is 20.4 Å². The highest BCUT2D eigenvalue weighted by Crippen LogP contribution is 2.33. The molecule has 0 atom stereocenters. The highest BCUT2D eigenvalue weighted by molar-refractivity contribution is 6.36. The number of nitrogens with one attached hydrogen (secondary N) is 1. The highest BCUT2D eigenvalue weighted by atomic mass is 16.6. The van der Waals surface area contributed by atoms with E-state index in [0.717, 1.165) is 16.7 Å². The van der Waals surface area contributed by atoms with Crippen LogP contribution in [-0.4, -0.2) is 26.6 Å². The van der Waals surface area contributed by atoms with E-state index in [9.17, 15) is 19.7 Å². The number of nitro benzene ring substituents is 1. The van der Waals surface area contributed by atoms with Gasteiger partial charge in [-0.1, -0.05) is 12.1 Å². The van der Waals surface area contributed by atoms with Crippen LogP contribution in [0.15, 0.2) is 72.7 Å². The van der Waals surface area contributed by atoms with Crippen molar-refractivity contribution in [1.82, 2.24) is 9.88 Å². The molecule has 0 radical (unpaired) electrons. The Bertz CT molecular complexity index is 1250. The van der Waals surface area contributed by atoms with Crippen LogP contribution in [0.4, 0.5) is 11.4 Å². The van der Waals surface area contributed by atoms with Gasteiger partial charge in [0.2, 0.25) is 0 Å². The predicted octanol–water partition coefficient (Wildman–Crippen LogP) is 4.00. The van der Waals surface area contributed by atoms with E-state index in [4.69, 9.17) is 0 Å². The molecule has 0 unspecified atom stereocenters. The summed E-state index contributed by atoms with van der Waals surface area (Å²) in [6, 6.07) is 14.9. The number of hydrogen-bond donors (Lipinski definition) is 1. The Kier molecular flexibility index (Phi) is 5.51. The number of nitrogens with zero attached hydrogens (tertiary/aromatic N) is 3. The normalized spacial score (nSPS) is 13.6. The number of aryl methyl sites for hydroxylation is 2. The third-order valence-corrected chi connectivity index (χ3v) is 5.28. The first-order chi connectivity index (χ1) is 15.3. The molecular weight excluding hydrogens is 408 g/mol. The third kappa shape index (κ3) is 3.98. The lowest BCUT2D eigenvalue weighted by atomic mass is 10.0. The fourth-order valence-electron chi connectivity index (χ4n) is 3.53. The second-order valence-corrected chi connectivity index (χ2v) is 7.55. The van der Waals surface area contributed by atoms with E-state index in [2.05, 4.69) is 10.3 Å². The molecule has 8 heteroatoms. The Morgan fingerprint density at radius 1 is 0.969 bits per heavy atom. The molecule has 0 saturated carbocycles. The number of anilines is 1. The van der Waals surface area contributed by atoms with Gasteiger partial charge < -0.3 is 5.32 Å². The lowest BCUT2D eigenvalue weighted by molar-refractivity contribution is -0.384. The zero-order valence-corrected chi connectivity index (χ0v) is 17.5. The van der Waals surface area contributed by atoms with Gasteiger partial charge >= 0.3 is 0 Å². The molecule has 160 valence electrons. The van der Waals surface area contributed by atoms with Crippen molar-refractivity contribution in [2.75, 3.05) is 5.32 Å². The zero-order valence-electron chi connectivity index (χ0n) is 17.5. The van der Waals surface area contributed by atoms with E-state index in [1.54, 1.807) is 24.5 Å². The number of rotatable bonds is 6. The summed E-state index contributed by atoms with van der Waals surface area (Å²) >= 11 is 0. The van der Waals surface area contributed by atoms with E-state index in [-0.39, 0.29) is 23.5 Å². The summed E-state index contributed by atoms with van der Waals surface area (Å²) in [6.07, 6.45) is 3.20. The standard InChI is InChI=1S/C24H20N4O4/c1-15-3-4-16(2)20(13-15)26-22-21(18-5-7-19(8-6-18)28(31)32)23(29)27(24(22)30)14-17-9-11-25-12-10-17/h3-13,26H,14H2,1-2H3. The molecule has 1 aliphatic heterocycles. The van der Waals surface area contributed by atoms with Crippen LogP contribution in [0.3, 0.4) is 0 Å². The van der Waals surface area contributed by atoms with Gasteiger partial charge in [-0.05, 0) is 66.4 Å². The minimum Gasteiger partial charge on any atom is -0.350 e. The molecule has 8 nitrogen and oxygen atoms in total. The monoisotopic (exact) mass is 428 g/mol. The van der Waals surface area contributed by atoms with Crippen LogP contribution < -0.4 is 5.32 Å². The number of pyridine rings is 1. The maximum Gasteiger partial charge on any atom is 0.278 e. The van der Waals surface area contributed by atoms with E-state index in [1.165, 1.54) is 29.2 Å². The minimum atomic E-state index is -0.509. The average molecular weight is 428 g/mol. The third-order valence-electron chi connectivity index (χ3n) is 5.28. The molecule has 0 aliphatic carbocycles. The number of carbonyl (C=O) groups excluding carboxylic acids is 2. The van der Waals surface area contributed by atoms with Crippen molar-refractivity contribution in [2.24, 2.45) is 0 Å². The van der Waals surface area contributed by atoms with Crippen LogP contribution in [0.2, 0.25) is 0 Å². The molecule has 1 aliphatic rings. The zero-order chi connectivity index (χ0) is 22.8. The summed E-state index contributed by atoms with van der Waals surface area (Å²) in [6.45, 7) is 3.94. The van der Waals surface area contributed by atoms with Crippen molar-refractivity contribution >= 4 is 28.8 Å². The van der Waals surface area contributed by atoms with Crippen molar-refractivity contribution in [3.05, 3.63) is 105 Å². The van der Waals surface area contributed by atoms with E-state index in [0.29, 0.717) is 11.3 Å². The number of non-ortho nitro benzene ring substituents is 1. The number of aromatic nitrogens is 1. The molecule has 1 N–H and O–H groups in total. The van der Waals surface area contributed by atoms with Gasteiger partial charge in [0.05, 0.1) is 17.0 Å². The van der Waals surface area contributed by atoms with Gasteiger partial charge in [-0.3, -0.25) is 29.6 Å². The maximum atomic E-state index is 13.3. The number of imide groups is 1. The molecule has 0 saturated heterocycles. The Hall–Kier alpha value is -4.33. The number of hydrogen-bond acceptors (Lipinski definition) is 6. The second-order valence-electron chi connectivity index (χ2n) is 7.55. The molecule has 0 fully saturated rings. The largest absolute Gasteiger partial charge is 0.350 e. The summed E-state index contributed by atoms with van der Waals surface area (Å²) in [5.41, 5.74) is 4.05. The Morgan fingerprint density at radius 3 is 2.31 bits per heavy atom. The molecule has 2 amide bonds. The van der Waals surface area contributed by atoms with E-state index >= 15 is 0 Å². The smallest absolute Gasteiger partial charge is 0.278 e. The van der Waals surface area contributed by atoms with E-state index in [1.807, 2.05) is 32.0 Å². The molecule has 2 aromatic carbocycles. The van der Waals surface area contributed by atoms with Crippen molar-refractivity contribution in [3.63, 3.8) is 0 Å².